The molecule has 7 unspecified atom stereocenters. The molecular formula is C34H67NO8. The number of aliphatic hydroxyl groups excluding tert-OH is 5. The highest BCUT2D eigenvalue weighted by Crippen LogP contribution is 2.23. The highest BCUT2D eigenvalue weighted by atomic mass is 16.7. The SMILES string of the molecule is CCCCCCCCCCCCCCCCCCCCCC(O)C(COC1OC(CO)C(O)C(O)C1O)NC(=O)CCC. The van der Waals surface area contributed by atoms with Crippen LogP contribution in [0.15, 0.2) is 0 Å². The molecule has 1 rings (SSSR count). The van der Waals surface area contributed by atoms with E-state index >= 15 is 0 Å². The fourth-order valence-electron chi connectivity index (χ4n) is 5.79. The topological polar surface area (TPSA) is 149 Å². The van der Waals surface area contributed by atoms with E-state index in [0.717, 1.165) is 19.3 Å². The number of hydrogen-bond donors (Lipinski definition) is 6. The van der Waals surface area contributed by atoms with Crippen molar-refractivity contribution in [2.45, 2.75) is 198 Å². The van der Waals surface area contributed by atoms with E-state index in [1.165, 1.54) is 103 Å². The summed E-state index contributed by atoms with van der Waals surface area (Å²) in [5.74, 6) is -0.197. The van der Waals surface area contributed by atoms with Crippen LogP contribution in [0, 0.1) is 0 Å². The summed E-state index contributed by atoms with van der Waals surface area (Å²) in [6.45, 7) is 3.48. The predicted octanol–water partition coefficient (Wildman–Crippen LogP) is 5.27. The normalized spacial score (nSPS) is 23.7. The van der Waals surface area contributed by atoms with Crippen LogP contribution in [-0.4, -0.2) is 87.5 Å². The summed E-state index contributed by atoms with van der Waals surface area (Å²) in [5, 5.41) is 53.2. The van der Waals surface area contributed by atoms with Crippen molar-refractivity contribution in [1.82, 2.24) is 5.32 Å². The number of rotatable bonds is 28. The van der Waals surface area contributed by atoms with Gasteiger partial charge in [-0.15, -0.1) is 0 Å². The largest absolute Gasteiger partial charge is 0.394 e. The molecule has 1 heterocycles. The molecule has 43 heavy (non-hydrogen) atoms. The van der Waals surface area contributed by atoms with Crippen molar-refractivity contribution in [2.75, 3.05) is 13.2 Å². The average molecular weight is 618 g/mol. The van der Waals surface area contributed by atoms with E-state index < -0.39 is 49.5 Å². The Balaban J connectivity index is 2.15. The van der Waals surface area contributed by atoms with Crippen molar-refractivity contribution >= 4 is 5.91 Å². The molecule has 9 heteroatoms. The number of nitrogens with one attached hydrogen (secondary N) is 1. The van der Waals surface area contributed by atoms with Crippen LogP contribution in [0.4, 0.5) is 0 Å². The Morgan fingerprint density at radius 1 is 0.698 bits per heavy atom. The molecule has 1 saturated heterocycles. The van der Waals surface area contributed by atoms with E-state index in [2.05, 4.69) is 12.2 Å². The first kappa shape index (κ1) is 40.2. The summed E-state index contributed by atoms with van der Waals surface area (Å²) >= 11 is 0. The van der Waals surface area contributed by atoms with Gasteiger partial charge in [0.05, 0.1) is 25.4 Å². The summed E-state index contributed by atoms with van der Waals surface area (Å²) in [6, 6.07) is -0.707. The smallest absolute Gasteiger partial charge is 0.220 e. The number of unbranched alkanes of at least 4 members (excludes halogenated alkanes) is 18. The molecule has 0 aromatic rings. The van der Waals surface area contributed by atoms with Crippen LogP contribution < -0.4 is 5.32 Å². The molecule has 0 bridgehead atoms. The summed E-state index contributed by atoms with van der Waals surface area (Å²) in [5.41, 5.74) is 0. The van der Waals surface area contributed by atoms with E-state index in [0.29, 0.717) is 19.3 Å². The van der Waals surface area contributed by atoms with Gasteiger partial charge in [0, 0.05) is 6.42 Å². The molecular weight excluding hydrogens is 550 g/mol. The molecule has 7 atom stereocenters. The summed E-state index contributed by atoms with van der Waals surface area (Å²) in [7, 11) is 0. The van der Waals surface area contributed by atoms with Crippen LogP contribution in [0.3, 0.4) is 0 Å². The molecule has 1 aliphatic rings. The van der Waals surface area contributed by atoms with Gasteiger partial charge < -0.3 is 40.3 Å². The third-order valence-corrected chi connectivity index (χ3v) is 8.68. The fraction of sp³-hybridized carbons (Fsp3) is 0.971. The Labute approximate surface area is 262 Å². The van der Waals surface area contributed by atoms with Gasteiger partial charge in [0.1, 0.15) is 24.4 Å². The molecule has 256 valence electrons. The van der Waals surface area contributed by atoms with Crippen molar-refractivity contribution in [3.05, 3.63) is 0 Å². The fourth-order valence-corrected chi connectivity index (χ4v) is 5.79. The van der Waals surface area contributed by atoms with Crippen LogP contribution in [0.1, 0.15) is 155 Å². The van der Waals surface area contributed by atoms with E-state index in [-0.39, 0.29) is 12.5 Å². The zero-order chi connectivity index (χ0) is 31.7. The van der Waals surface area contributed by atoms with Gasteiger partial charge in [-0.05, 0) is 12.8 Å². The van der Waals surface area contributed by atoms with Crippen LogP contribution in [-0.2, 0) is 14.3 Å². The molecule has 9 nitrogen and oxygen atoms in total. The molecule has 1 fully saturated rings. The molecule has 0 aromatic carbocycles. The second-order valence-electron chi connectivity index (χ2n) is 12.7. The van der Waals surface area contributed by atoms with E-state index in [4.69, 9.17) is 9.47 Å². The van der Waals surface area contributed by atoms with E-state index in [1.807, 2.05) is 6.92 Å². The number of carbonyl (C=O) groups is 1. The lowest BCUT2D eigenvalue weighted by atomic mass is 9.99. The molecule has 1 amide bonds. The minimum atomic E-state index is -1.54. The van der Waals surface area contributed by atoms with Gasteiger partial charge in [0.15, 0.2) is 6.29 Å². The summed E-state index contributed by atoms with van der Waals surface area (Å²) < 4.78 is 11.0. The highest BCUT2D eigenvalue weighted by Gasteiger charge is 2.44. The van der Waals surface area contributed by atoms with Gasteiger partial charge in [-0.3, -0.25) is 4.79 Å². The van der Waals surface area contributed by atoms with E-state index in [1.54, 1.807) is 0 Å². The lowest BCUT2D eigenvalue weighted by Crippen LogP contribution is -2.60. The van der Waals surface area contributed by atoms with Gasteiger partial charge in [-0.1, -0.05) is 136 Å². The first-order valence-corrected chi connectivity index (χ1v) is 17.7. The number of amides is 1. The summed E-state index contributed by atoms with van der Waals surface area (Å²) in [4.78, 5) is 12.3. The maximum atomic E-state index is 12.3. The van der Waals surface area contributed by atoms with Crippen LogP contribution in [0.2, 0.25) is 0 Å². The Bertz CT molecular complexity index is 652. The van der Waals surface area contributed by atoms with E-state index in [9.17, 15) is 30.3 Å². The first-order valence-electron chi connectivity index (χ1n) is 17.7. The monoisotopic (exact) mass is 617 g/mol. The Kier molecular flexibility index (Phi) is 24.7. The third kappa shape index (κ3) is 18.7. The molecule has 0 aliphatic carbocycles. The van der Waals surface area contributed by atoms with Crippen molar-refractivity contribution in [3.8, 4) is 0 Å². The molecule has 0 saturated carbocycles. The van der Waals surface area contributed by atoms with Gasteiger partial charge in [0.2, 0.25) is 5.91 Å². The summed E-state index contributed by atoms with van der Waals surface area (Å²) in [6.07, 6.45) is 18.5. The molecule has 0 aromatic heterocycles. The highest BCUT2D eigenvalue weighted by molar-refractivity contribution is 5.76. The third-order valence-electron chi connectivity index (χ3n) is 8.68. The lowest BCUT2D eigenvalue weighted by molar-refractivity contribution is -0.302. The Hall–Kier alpha value is -0.810. The Morgan fingerprint density at radius 2 is 1.16 bits per heavy atom. The minimum absolute atomic E-state index is 0.140. The van der Waals surface area contributed by atoms with Crippen LogP contribution in [0.5, 0.6) is 0 Å². The minimum Gasteiger partial charge on any atom is -0.394 e. The zero-order valence-electron chi connectivity index (χ0n) is 27.5. The maximum absolute atomic E-state index is 12.3. The van der Waals surface area contributed by atoms with Crippen molar-refractivity contribution < 1.29 is 39.8 Å². The molecule has 6 N–H and O–H groups in total. The molecule has 1 aliphatic heterocycles. The van der Waals surface area contributed by atoms with Gasteiger partial charge in [0.25, 0.3) is 0 Å². The van der Waals surface area contributed by atoms with Crippen LogP contribution in [0.25, 0.3) is 0 Å². The van der Waals surface area contributed by atoms with Gasteiger partial charge in [-0.25, -0.2) is 0 Å². The van der Waals surface area contributed by atoms with Crippen molar-refractivity contribution in [3.63, 3.8) is 0 Å². The van der Waals surface area contributed by atoms with Crippen molar-refractivity contribution in [2.24, 2.45) is 0 Å². The second kappa shape index (κ2) is 26.4. The van der Waals surface area contributed by atoms with Gasteiger partial charge >= 0.3 is 0 Å². The van der Waals surface area contributed by atoms with Crippen molar-refractivity contribution in [1.29, 1.82) is 0 Å². The Morgan fingerprint density at radius 3 is 1.60 bits per heavy atom. The molecule has 0 spiro atoms. The quantitative estimate of drug-likeness (QED) is 0.0651. The lowest BCUT2D eigenvalue weighted by Gasteiger charge is -2.40. The first-order chi connectivity index (χ1) is 20.8. The predicted molar refractivity (Wildman–Crippen MR) is 171 cm³/mol. The molecule has 0 radical (unpaired) electrons. The van der Waals surface area contributed by atoms with Crippen LogP contribution >= 0.6 is 0 Å². The van der Waals surface area contributed by atoms with Gasteiger partial charge in [-0.2, -0.15) is 0 Å². The number of hydrogen-bond acceptors (Lipinski definition) is 8. The second-order valence-corrected chi connectivity index (χ2v) is 12.7. The zero-order valence-corrected chi connectivity index (χ0v) is 27.5. The maximum Gasteiger partial charge on any atom is 0.220 e. The standard InChI is InChI=1S/C34H67NO8/c1-3-5-6-7-8-9-10-11-12-13-14-15-16-17-18-19-20-21-22-24-28(37)27(35-30(38)23-4-2)26-42-34-33(41)32(40)31(39)29(25-36)43-34/h27-29,31-34,36-37,39-41H,3-26H2,1-2H3,(H,35,38). The number of carbonyl (C=O) groups excluding carboxylic acids is 1. The number of ether oxygens (including phenoxy) is 2. The average Bonchev–Trinajstić information content (AvgIpc) is 3.00. The number of aliphatic hydroxyl groups is 5.